The third kappa shape index (κ3) is 4.56. The van der Waals surface area contributed by atoms with Crippen LogP contribution in [0.5, 0.6) is 5.88 Å². The van der Waals surface area contributed by atoms with Crippen LogP contribution in [0.2, 0.25) is 0 Å². The fourth-order valence-electron chi connectivity index (χ4n) is 2.73. The molecule has 3 rings (SSSR count). The van der Waals surface area contributed by atoms with E-state index in [1.165, 1.54) is 12.8 Å². The Morgan fingerprint density at radius 3 is 2.67 bits per heavy atom. The van der Waals surface area contributed by atoms with Gasteiger partial charge in [-0.1, -0.05) is 0 Å². The van der Waals surface area contributed by atoms with Crippen molar-refractivity contribution in [2.45, 2.75) is 26.7 Å². The number of aryl methyl sites for hydroxylation is 1. The van der Waals surface area contributed by atoms with Crippen molar-refractivity contribution in [1.29, 1.82) is 0 Å². The molecule has 1 aliphatic heterocycles. The van der Waals surface area contributed by atoms with Crippen LogP contribution in [0.25, 0.3) is 0 Å². The maximum Gasteiger partial charge on any atom is 0.248 e. The van der Waals surface area contributed by atoms with E-state index in [0.29, 0.717) is 37.4 Å². The van der Waals surface area contributed by atoms with Crippen LogP contribution in [-0.2, 0) is 9.53 Å². The molecule has 24 heavy (non-hydrogen) atoms. The highest BCUT2D eigenvalue weighted by molar-refractivity contribution is 5.77. The predicted molar refractivity (Wildman–Crippen MR) is 90.3 cm³/mol. The Labute approximate surface area is 143 Å². The van der Waals surface area contributed by atoms with Gasteiger partial charge in [-0.2, -0.15) is 4.98 Å². The lowest BCUT2D eigenvalue weighted by atomic mass is 10.3. The van der Waals surface area contributed by atoms with E-state index < -0.39 is 0 Å². The molecule has 7 nitrogen and oxygen atoms in total. The molecular weight excluding hydrogens is 308 g/mol. The molecule has 0 aromatic carbocycles. The summed E-state index contributed by atoms with van der Waals surface area (Å²) in [6.45, 7) is 8.18. The predicted octanol–water partition coefficient (Wildman–Crippen LogP) is 1.26. The van der Waals surface area contributed by atoms with Crippen LogP contribution in [0.1, 0.15) is 25.5 Å². The van der Waals surface area contributed by atoms with E-state index in [0.717, 1.165) is 25.4 Å². The Balaban J connectivity index is 1.49. The summed E-state index contributed by atoms with van der Waals surface area (Å²) < 4.78 is 11.0. The van der Waals surface area contributed by atoms with Crippen LogP contribution in [0.4, 0.5) is 5.95 Å². The Bertz CT molecular complexity index is 569. The minimum Gasteiger partial charge on any atom is -0.478 e. The van der Waals surface area contributed by atoms with Crippen molar-refractivity contribution in [1.82, 2.24) is 14.9 Å². The van der Waals surface area contributed by atoms with Gasteiger partial charge in [-0.05, 0) is 32.6 Å². The molecular formula is C17H26N4O3. The number of ether oxygens (including phenoxy) is 2. The molecule has 0 atom stereocenters. The van der Waals surface area contributed by atoms with Crippen LogP contribution in [0.3, 0.4) is 0 Å². The summed E-state index contributed by atoms with van der Waals surface area (Å²) in [6, 6.07) is 1.84. The maximum atomic E-state index is 12.2. The molecule has 0 N–H and O–H groups in total. The van der Waals surface area contributed by atoms with Crippen LogP contribution in [0, 0.1) is 12.8 Å². The van der Waals surface area contributed by atoms with Crippen molar-refractivity contribution in [2.75, 3.05) is 50.9 Å². The summed E-state index contributed by atoms with van der Waals surface area (Å²) in [4.78, 5) is 25.1. The van der Waals surface area contributed by atoms with Crippen molar-refractivity contribution in [3.05, 3.63) is 11.8 Å². The number of carbonyl (C=O) groups is 1. The number of hydrogen-bond acceptors (Lipinski definition) is 6. The average Bonchev–Trinajstić information content (AvgIpc) is 3.39. The topological polar surface area (TPSA) is 67.8 Å². The molecule has 2 heterocycles. The molecule has 1 aromatic rings. The van der Waals surface area contributed by atoms with Crippen molar-refractivity contribution < 1.29 is 14.3 Å². The Morgan fingerprint density at radius 1 is 1.25 bits per heavy atom. The Hall–Kier alpha value is -1.89. The van der Waals surface area contributed by atoms with Gasteiger partial charge in [0.15, 0.2) is 0 Å². The molecule has 132 valence electrons. The molecule has 0 unspecified atom stereocenters. The summed E-state index contributed by atoms with van der Waals surface area (Å²) in [6.07, 6.45) is 2.49. The largest absolute Gasteiger partial charge is 0.478 e. The molecule has 2 fully saturated rings. The van der Waals surface area contributed by atoms with Crippen LogP contribution in [-0.4, -0.2) is 66.8 Å². The van der Waals surface area contributed by atoms with Gasteiger partial charge in [-0.15, -0.1) is 0 Å². The normalized spacial score (nSPS) is 17.9. The molecule has 1 saturated carbocycles. The zero-order valence-corrected chi connectivity index (χ0v) is 14.5. The average molecular weight is 334 g/mol. The third-order valence-electron chi connectivity index (χ3n) is 4.30. The molecule has 1 saturated heterocycles. The van der Waals surface area contributed by atoms with E-state index >= 15 is 0 Å². The summed E-state index contributed by atoms with van der Waals surface area (Å²) in [5, 5.41) is 0. The van der Waals surface area contributed by atoms with E-state index in [9.17, 15) is 4.79 Å². The summed E-state index contributed by atoms with van der Waals surface area (Å²) in [5.41, 5.74) is 0.885. The van der Waals surface area contributed by atoms with Gasteiger partial charge in [0.2, 0.25) is 17.7 Å². The maximum absolute atomic E-state index is 12.2. The lowest BCUT2D eigenvalue weighted by Gasteiger charge is -2.34. The van der Waals surface area contributed by atoms with Gasteiger partial charge in [0.25, 0.3) is 0 Å². The number of rotatable bonds is 7. The standard InChI is InChI=1S/C17H26N4O3/c1-3-24-15-10-13(2)18-17(19-15)21-8-6-20(7-9-21)16(22)12-23-11-14-4-5-14/h10,14H,3-9,11-12H2,1-2H3. The Kier molecular flexibility index (Phi) is 5.50. The first-order chi connectivity index (χ1) is 11.7. The monoisotopic (exact) mass is 334 g/mol. The van der Waals surface area contributed by atoms with Gasteiger partial charge in [-0.25, -0.2) is 4.98 Å². The number of carbonyl (C=O) groups excluding carboxylic acids is 1. The number of amides is 1. The fourth-order valence-corrected chi connectivity index (χ4v) is 2.73. The second-order valence-electron chi connectivity index (χ2n) is 6.41. The first kappa shape index (κ1) is 17.0. The van der Waals surface area contributed by atoms with Gasteiger partial charge in [0.1, 0.15) is 6.61 Å². The highest BCUT2D eigenvalue weighted by Gasteiger charge is 2.25. The van der Waals surface area contributed by atoms with Crippen LogP contribution in [0.15, 0.2) is 6.07 Å². The molecule has 0 radical (unpaired) electrons. The summed E-state index contributed by atoms with van der Waals surface area (Å²) in [7, 11) is 0. The molecule has 1 amide bonds. The molecule has 0 bridgehead atoms. The molecule has 1 aliphatic carbocycles. The lowest BCUT2D eigenvalue weighted by Crippen LogP contribution is -2.50. The first-order valence-electron chi connectivity index (χ1n) is 8.74. The smallest absolute Gasteiger partial charge is 0.248 e. The van der Waals surface area contributed by atoms with Crippen molar-refractivity contribution in [2.24, 2.45) is 5.92 Å². The van der Waals surface area contributed by atoms with E-state index in [-0.39, 0.29) is 12.5 Å². The van der Waals surface area contributed by atoms with Gasteiger partial charge < -0.3 is 19.3 Å². The molecule has 2 aliphatic rings. The van der Waals surface area contributed by atoms with E-state index in [2.05, 4.69) is 14.9 Å². The third-order valence-corrected chi connectivity index (χ3v) is 4.30. The van der Waals surface area contributed by atoms with Gasteiger partial charge in [0.05, 0.1) is 13.2 Å². The van der Waals surface area contributed by atoms with Crippen LogP contribution < -0.4 is 9.64 Å². The lowest BCUT2D eigenvalue weighted by molar-refractivity contribution is -0.136. The van der Waals surface area contributed by atoms with E-state index in [4.69, 9.17) is 9.47 Å². The minimum atomic E-state index is 0.0791. The fraction of sp³-hybridized carbons (Fsp3) is 0.706. The number of aromatic nitrogens is 2. The van der Waals surface area contributed by atoms with Crippen LogP contribution >= 0.6 is 0 Å². The summed E-state index contributed by atoms with van der Waals surface area (Å²) in [5.74, 6) is 2.05. The van der Waals surface area contributed by atoms with Gasteiger partial charge in [-0.3, -0.25) is 4.79 Å². The number of nitrogens with zero attached hydrogens (tertiary/aromatic N) is 4. The molecule has 0 spiro atoms. The quantitative estimate of drug-likeness (QED) is 0.748. The van der Waals surface area contributed by atoms with Crippen molar-refractivity contribution in [3.63, 3.8) is 0 Å². The number of anilines is 1. The highest BCUT2D eigenvalue weighted by Crippen LogP contribution is 2.28. The second kappa shape index (κ2) is 7.79. The first-order valence-corrected chi connectivity index (χ1v) is 8.74. The zero-order valence-electron chi connectivity index (χ0n) is 14.5. The SMILES string of the molecule is CCOc1cc(C)nc(N2CCN(C(=O)COCC3CC3)CC2)n1. The van der Waals surface area contributed by atoms with E-state index in [1.54, 1.807) is 0 Å². The van der Waals surface area contributed by atoms with Crippen molar-refractivity contribution in [3.8, 4) is 5.88 Å². The Morgan fingerprint density at radius 2 is 2.00 bits per heavy atom. The summed E-state index contributed by atoms with van der Waals surface area (Å²) >= 11 is 0. The second-order valence-corrected chi connectivity index (χ2v) is 6.41. The minimum absolute atomic E-state index is 0.0791. The van der Waals surface area contributed by atoms with E-state index in [1.807, 2.05) is 24.8 Å². The number of hydrogen-bond donors (Lipinski definition) is 0. The van der Waals surface area contributed by atoms with Gasteiger partial charge >= 0.3 is 0 Å². The highest BCUT2D eigenvalue weighted by atomic mass is 16.5. The van der Waals surface area contributed by atoms with Gasteiger partial charge in [0, 0.05) is 37.9 Å². The molecule has 7 heteroatoms. The zero-order chi connectivity index (χ0) is 16.9. The molecule has 1 aromatic heterocycles. The van der Waals surface area contributed by atoms with Crippen molar-refractivity contribution >= 4 is 11.9 Å². The number of piperazine rings is 1.